The van der Waals surface area contributed by atoms with Gasteiger partial charge in [0.05, 0.1) is 0 Å². The van der Waals surface area contributed by atoms with E-state index in [2.05, 4.69) is 31.9 Å². The molecule has 6 atom stereocenters. The smallest absolute Gasteiger partial charge is 0.256 e. The van der Waals surface area contributed by atoms with Crippen LogP contribution in [0.5, 0.6) is 0 Å². The average Bonchev–Trinajstić information content (AvgIpc) is 3.31. The van der Waals surface area contributed by atoms with Gasteiger partial charge in [-0.3, -0.25) is 4.79 Å². The molecule has 0 radical (unpaired) electrons. The maximum absolute atomic E-state index is 13.7. The summed E-state index contributed by atoms with van der Waals surface area (Å²) >= 11 is 0. The number of hydrogen-bond donors (Lipinski definition) is 8. The molecule has 10 N–H and O–H groups in total. The monoisotopic (exact) mass is 492 g/mol. The number of nitrogens with two attached hydrogens (primary N) is 2. The van der Waals surface area contributed by atoms with E-state index in [0.717, 1.165) is 32.5 Å². The number of dihydropyridines is 1. The molecule has 1 amide bonds. The topological polar surface area (TPSA) is 141 Å². The van der Waals surface area contributed by atoms with Gasteiger partial charge in [0.15, 0.2) is 6.30 Å². The number of amides is 1. The lowest BCUT2D eigenvalue weighted by Gasteiger charge is -2.42. The zero-order valence-corrected chi connectivity index (χ0v) is 19.9. The number of nitrogens with one attached hydrogen (secondary N) is 6. The summed E-state index contributed by atoms with van der Waals surface area (Å²) in [5.74, 6) is 0.317. The largest absolute Gasteiger partial charge is 0.365 e. The molecule has 0 aromatic rings. The fraction of sp³-hybridized carbons (Fsp3) is 0.625. The summed E-state index contributed by atoms with van der Waals surface area (Å²) in [6, 6.07) is -0.313. The summed E-state index contributed by atoms with van der Waals surface area (Å²) in [6.07, 6.45) is 9.99. The van der Waals surface area contributed by atoms with Crippen LogP contribution in [0, 0.1) is 11.8 Å². The molecular weight excluding hydrogens is 454 g/mol. The predicted molar refractivity (Wildman–Crippen MR) is 132 cm³/mol. The molecule has 1 aliphatic carbocycles. The van der Waals surface area contributed by atoms with Crippen molar-refractivity contribution in [3.05, 3.63) is 48.1 Å². The van der Waals surface area contributed by atoms with Crippen LogP contribution in [-0.2, 0) is 4.79 Å². The molecule has 35 heavy (non-hydrogen) atoms. The fourth-order valence-electron chi connectivity index (χ4n) is 5.32. The van der Waals surface area contributed by atoms with E-state index in [0.29, 0.717) is 18.7 Å². The molecule has 9 nitrogen and oxygen atoms in total. The molecule has 3 aliphatic heterocycles. The first-order valence-electron chi connectivity index (χ1n) is 12.5. The van der Waals surface area contributed by atoms with E-state index in [-0.39, 0.29) is 41.7 Å². The van der Waals surface area contributed by atoms with Gasteiger partial charge in [-0.05, 0) is 56.0 Å². The summed E-state index contributed by atoms with van der Waals surface area (Å²) < 4.78 is 27.1. The lowest BCUT2D eigenvalue weighted by molar-refractivity contribution is -0.116. The van der Waals surface area contributed by atoms with Gasteiger partial charge in [0.2, 0.25) is 0 Å². The first-order chi connectivity index (χ1) is 16.9. The van der Waals surface area contributed by atoms with Crippen molar-refractivity contribution >= 4 is 5.91 Å². The highest BCUT2D eigenvalue weighted by atomic mass is 19.1. The van der Waals surface area contributed by atoms with Crippen LogP contribution in [0.2, 0.25) is 0 Å². The molecule has 0 aromatic carbocycles. The number of carbonyl (C=O) groups is 1. The first kappa shape index (κ1) is 25.6. The Labute approximate surface area is 205 Å². The van der Waals surface area contributed by atoms with E-state index in [1.807, 2.05) is 12.2 Å². The molecule has 0 aromatic heterocycles. The van der Waals surface area contributed by atoms with Crippen LogP contribution >= 0.6 is 0 Å². The second-order valence-electron chi connectivity index (χ2n) is 9.72. The highest BCUT2D eigenvalue weighted by Crippen LogP contribution is 2.32. The molecule has 6 unspecified atom stereocenters. The Bertz CT molecular complexity index is 848. The lowest BCUT2D eigenvalue weighted by atomic mass is 9.73. The third-order valence-corrected chi connectivity index (χ3v) is 7.27. The summed E-state index contributed by atoms with van der Waals surface area (Å²) in [7, 11) is 0. The Morgan fingerprint density at radius 1 is 1.14 bits per heavy atom. The van der Waals surface area contributed by atoms with Crippen molar-refractivity contribution in [1.82, 2.24) is 31.9 Å². The maximum Gasteiger partial charge on any atom is 0.256 e. The van der Waals surface area contributed by atoms with E-state index < -0.39 is 18.4 Å². The van der Waals surface area contributed by atoms with Crippen molar-refractivity contribution in [1.29, 1.82) is 0 Å². The summed E-state index contributed by atoms with van der Waals surface area (Å²) in [6.45, 7) is 2.54. The summed E-state index contributed by atoms with van der Waals surface area (Å²) in [5, 5.41) is 18.5. The maximum atomic E-state index is 13.7. The molecule has 1 saturated carbocycles. The molecule has 1 saturated heterocycles. The van der Waals surface area contributed by atoms with Gasteiger partial charge in [0.1, 0.15) is 18.2 Å². The number of hydrogen-bond acceptors (Lipinski definition) is 8. The Morgan fingerprint density at radius 2 is 1.94 bits per heavy atom. The Balaban J connectivity index is 1.34. The van der Waals surface area contributed by atoms with Crippen LogP contribution < -0.4 is 43.4 Å². The van der Waals surface area contributed by atoms with Crippen LogP contribution in [0.25, 0.3) is 0 Å². The fourth-order valence-corrected chi connectivity index (χ4v) is 5.32. The third-order valence-electron chi connectivity index (χ3n) is 7.27. The second kappa shape index (κ2) is 12.0. The van der Waals surface area contributed by atoms with Crippen molar-refractivity contribution in [2.24, 2.45) is 23.3 Å². The van der Waals surface area contributed by atoms with Crippen molar-refractivity contribution < 1.29 is 13.6 Å². The normalized spacial score (nSPS) is 33.5. The number of carbonyl (C=O) groups excluding carboxylic acids is 1. The van der Waals surface area contributed by atoms with Gasteiger partial charge < -0.3 is 43.4 Å². The summed E-state index contributed by atoms with van der Waals surface area (Å²) in [5.41, 5.74) is 13.7. The number of alkyl halides is 2. The second-order valence-corrected chi connectivity index (χ2v) is 9.72. The first-order valence-corrected chi connectivity index (χ1v) is 12.5. The van der Waals surface area contributed by atoms with Crippen LogP contribution in [0.1, 0.15) is 25.7 Å². The minimum absolute atomic E-state index is 0.0129. The molecule has 4 rings (SSSR count). The van der Waals surface area contributed by atoms with Gasteiger partial charge in [-0.25, -0.2) is 8.78 Å². The number of rotatable bonds is 8. The molecule has 3 heterocycles. The lowest BCUT2D eigenvalue weighted by Crippen LogP contribution is -2.61. The van der Waals surface area contributed by atoms with Crippen LogP contribution in [0.4, 0.5) is 8.78 Å². The van der Waals surface area contributed by atoms with Crippen molar-refractivity contribution in [2.75, 3.05) is 19.6 Å². The van der Waals surface area contributed by atoms with Gasteiger partial charge in [-0.15, -0.1) is 0 Å². The van der Waals surface area contributed by atoms with Crippen molar-refractivity contribution in [3.63, 3.8) is 0 Å². The van der Waals surface area contributed by atoms with E-state index in [1.165, 1.54) is 18.4 Å². The van der Waals surface area contributed by atoms with Crippen molar-refractivity contribution in [2.45, 2.75) is 62.4 Å². The number of piperazine rings is 1. The van der Waals surface area contributed by atoms with E-state index >= 15 is 0 Å². The average molecular weight is 493 g/mol. The van der Waals surface area contributed by atoms with Crippen molar-refractivity contribution in [3.8, 4) is 0 Å². The van der Waals surface area contributed by atoms with Crippen LogP contribution in [0.3, 0.4) is 0 Å². The van der Waals surface area contributed by atoms with E-state index in [4.69, 9.17) is 11.5 Å². The van der Waals surface area contributed by atoms with Gasteiger partial charge in [-0.1, -0.05) is 6.08 Å². The predicted octanol–water partition coefficient (Wildman–Crippen LogP) is -0.324. The van der Waals surface area contributed by atoms with Crippen LogP contribution in [-0.4, -0.2) is 62.3 Å². The van der Waals surface area contributed by atoms with E-state index in [9.17, 15) is 13.6 Å². The van der Waals surface area contributed by atoms with Gasteiger partial charge in [-0.2, -0.15) is 0 Å². The summed E-state index contributed by atoms with van der Waals surface area (Å²) in [4.78, 5) is 12.4. The van der Waals surface area contributed by atoms with E-state index in [1.54, 1.807) is 6.20 Å². The van der Waals surface area contributed by atoms with Gasteiger partial charge >= 0.3 is 0 Å². The Kier molecular flexibility index (Phi) is 8.77. The molecular formula is C24H38F2N8O. The zero-order valence-electron chi connectivity index (χ0n) is 19.9. The molecule has 0 bridgehead atoms. The van der Waals surface area contributed by atoms with Crippen LogP contribution in [0.15, 0.2) is 48.1 Å². The van der Waals surface area contributed by atoms with Gasteiger partial charge in [0.25, 0.3) is 5.91 Å². The third kappa shape index (κ3) is 6.81. The Morgan fingerprint density at radius 3 is 2.66 bits per heavy atom. The quantitative estimate of drug-likeness (QED) is 0.170. The van der Waals surface area contributed by atoms with Gasteiger partial charge in [0, 0.05) is 55.5 Å². The molecule has 11 heteroatoms. The standard InChI is InChI=1S/C24H38F2N8O/c25-16-3-1-14(2-4-16)23(28)22(18-12-29-9-10-30-18)17(27)5-6-20-32-13-21(33-20)34-24(35)15-7-8-31-19(26)11-15/h5-8,11,13-14,16-20,22-23,29-33H,1-4,9-10,12,27-28H2,(H,34,35)/b6-5-. The molecule has 194 valence electrons. The minimum Gasteiger partial charge on any atom is -0.365 e. The zero-order chi connectivity index (χ0) is 24.8. The highest BCUT2D eigenvalue weighted by Gasteiger charge is 2.37. The highest BCUT2D eigenvalue weighted by molar-refractivity contribution is 5.97. The molecule has 0 spiro atoms. The SMILES string of the molecule is NC(/C=C\C1NC=C(NC(=O)C2=CC(F)NC=C2)N1)C(C1CNCCN1)C(N)C1CCC(F)CC1. The molecule has 2 fully saturated rings. The number of halogens is 2. The Hall–Kier alpha value is -2.47. The minimum atomic E-state index is -1.39. The molecule has 4 aliphatic rings.